The van der Waals surface area contributed by atoms with Gasteiger partial charge in [-0.25, -0.2) is 9.78 Å². The van der Waals surface area contributed by atoms with Crippen LogP contribution in [-0.2, 0) is 4.84 Å². The van der Waals surface area contributed by atoms with Crippen LogP contribution in [0.1, 0.15) is 62.9 Å². The van der Waals surface area contributed by atoms with Crippen molar-refractivity contribution in [3.63, 3.8) is 0 Å². The fraction of sp³-hybridized carbons (Fsp3) is 0.533. The summed E-state index contributed by atoms with van der Waals surface area (Å²) in [7, 11) is 0. The first-order chi connectivity index (χ1) is 9.69. The molecule has 1 aromatic rings. The minimum atomic E-state index is -0.728. The molecule has 5 nitrogen and oxygen atoms in total. The van der Waals surface area contributed by atoms with Crippen molar-refractivity contribution in [1.82, 2.24) is 4.98 Å². The van der Waals surface area contributed by atoms with Crippen LogP contribution in [0, 0.1) is 0 Å². The summed E-state index contributed by atoms with van der Waals surface area (Å²) in [5, 5.41) is 13.4. The highest BCUT2D eigenvalue weighted by Gasteiger charge is 2.14. The van der Waals surface area contributed by atoms with Crippen LogP contribution in [0.4, 0.5) is 0 Å². The van der Waals surface area contributed by atoms with E-state index in [0.717, 1.165) is 44.2 Å². The lowest BCUT2D eigenvalue weighted by Gasteiger charge is -2.05. The van der Waals surface area contributed by atoms with Crippen LogP contribution in [0.2, 0.25) is 0 Å². The summed E-state index contributed by atoms with van der Waals surface area (Å²) in [6.07, 6.45) is 7.27. The van der Waals surface area contributed by atoms with E-state index in [-0.39, 0.29) is 11.4 Å². The zero-order valence-electron chi connectivity index (χ0n) is 12.1. The van der Waals surface area contributed by atoms with Crippen molar-refractivity contribution in [2.24, 2.45) is 5.16 Å². The molecule has 5 heteroatoms. The molecule has 0 radical (unpaired) electrons. The van der Waals surface area contributed by atoms with E-state index in [4.69, 9.17) is 4.84 Å². The molecule has 110 valence electrons. The lowest BCUT2D eigenvalue weighted by molar-refractivity contribution is 0.0503. The predicted molar refractivity (Wildman–Crippen MR) is 77.8 cm³/mol. The SMILES string of the molecule is CCCCC(CCCC)=NOC(=O)c1ncccc1O. The molecule has 0 aliphatic heterocycles. The third-order valence-electron chi connectivity index (χ3n) is 2.88. The van der Waals surface area contributed by atoms with Crippen molar-refractivity contribution in [2.45, 2.75) is 52.4 Å². The Balaban J connectivity index is 2.65. The molecule has 0 saturated carbocycles. The van der Waals surface area contributed by atoms with Crippen LogP contribution in [0.25, 0.3) is 0 Å². The van der Waals surface area contributed by atoms with Crippen LogP contribution in [0.5, 0.6) is 5.75 Å². The number of carbonyl (C=O) groups is 1. The largest absolute Gasteiger partial charge is 0.505 e. The lowest BCUT2D eigenvalue weighted by atomic mass is 10.1. The quantitative estimate of drug-likeness (QED) is 0.447. The van der Waals surface area contributed by atoms with E-state index in [9.17, 15) is 9.90 Å². The molecule has 0 amide bonds. The zero-order chi connectivity index (χ0) is 14.8. The number of rotatable bonds is 8. The maximum atomic E-state index is 11.8. The number of hydrogen-bond donors (Lipinski definition) is 1. The second kappa shape index (κ2) is 9.07. The minimum Gasteiger partial charge on any atom is -0.505 e. The van der Waals surface area contributed by atoms with Crippen molar-refractivity contribution >= 4 is 11.7 Å². The third kappa shape index (κ3) is 5.38. The van der Waals surface area contributed by atoms with Gasteiger partial charge >= 0.3 is 5.97 Å². The summed E-state index contributed by atoms with van der Waals surface area (Å²) < 4.78 is 0. The van der Waals surface area contributed by atoms with Gasteiger partial charge in [0.15, 0.2) is 5.69 Å². The van der Waals surface area contributed by atoms with Crippen molar-refractivity contribution in [1.29, 1.82) is 0 Å². The Morgan fingerprint density at radius 2 is 1.95 bits per heavy atom. The van der Waals surface area contributed by atoms with Crippen LogP contribution in [-0.4, -0.2) is 21.8 Å². The second-order valence-electron chi connectivity index (χ2n) is 4.61. The highest BCUT2D eigenvalue weighted by molar-refractivity contribution is 5.91. The Hall–Kier alpha value is -1.91. The molecule has 1 aromatic heterocycles. The lowest BCUT2D eigenvalue weighted by Crippen LogP contribution is -2.07. The summed E-state index contributed by atoms with van der Waals surface area (Å²) in [4.78, 5) is 20.4. The molecule has 0 atom stereocenters. The minimum absolute atomic E-state index is 0.110. The maximum absolute atomic E-state index is 11.8. The van der Waals surface area contributed by atoms with Gasteiger partial charge in [-0.1, -0.05) is 31.8 Å². The maximum Gasteiger partial charge on any atom is 0.387 e. The van der Waals surface area contributed by atoms with Crippen molar-refractivity contribution < 1.29 is 14.7 Å². The number of pyridine rings is 1. The highest BCUT2D eigenvalue weighted by Crippen LogP contribution is 2.14. The molecule has 1 rings (SSSR count). The first-order valence-electron chi connectivity index (χ1n) is 7.10. The number of aromatic hydroxyl groups is 1. The topological polar surface area (TPSA) is 71.8 Å². The molecule has 0 saturated heterocycles. The summed E-state index contributed by atoms with van der Waals surface area (Å²) in [5.74, 6) is -0.926. The van der Waals surface area contributed by atoms with Gasteiger partial charge in [-0.05, 0) is 37.8 Å². The zero-order valence-corrected chi connectivity index (χ0v) is 12.1. The van der Waals surface area contributed by atoms with Gasteiger partial charge in [-0.3, -0.25) is 0 Å². The Bertz CT molecular complexity index is 448. The molecule has 0 spiro atoms. The first-order valence-corrected chi connectivity index (χ1v) is 7.10. The van der Waals surface area contributed by atoms with Crippen LogP contribution >= 0.6 is 0 Å². The number of nitrogens with zero attached hydrogens (tertiary/aromatic N) is 2. The standard InChI is InChI=1S/C15H22N2O3/c1-3-5-8-12(9-6-4-2)17-20-15(19)14-13(18)10-7-11-16-14/h7,10-11,18H,3-6,8-9H2,1-2H3. The van der Waals surface area contributed by atoms with Gasteiger partial charge in [0.05, 0.1) is 5.71 Å². The van der Waals surface area contributed by atoms with E-state index in [2.05, 4.69) is 24.0 Å². The molecule has 0 aliphatic carbocycles. The van der Waals surface area contributed by atoms with Gasteiger partial charge in [0.2, 0.25) is 0 Å². The molecule has 1 N–H and O–H groups in total. The predicted octanol–water partition coefficient (Wildman–Crippen LogP) is 3.68. The van der Waals surface area contributed by atoms with Crippen molar-refractivity contribution in [2.75, 3.05) is 0 Å². The van der Waals surface area contributed by atoms with Crippen LogP contribution in [0.3, 0.4) is 0 Å². The van der Waals surface area contributed by atoms with Gasteiger partial charge in [0, 0.05) is 6.20 Å². The molecule has 0 aromatic carbocycles. The van der Waals surface area contributed by atoms with Crippen LogP contribution in [0.15, 0.2) is 23.5 Å². The molecule has 20 heavy (non-hydrogen) atoms. The number of oxime groups is 1. The van der Waals surface area contributed by atoms with Gasteiger partial charge in [-0.15, -0.1) is 0 Å². The number of carbonyl (C=O) groups excluding carboxylic acids is 1. The van der Waals surface area contributed by atoms with Crippen molar-refractivity contribution in [3.8, 4) is 5.75 Å². The summed E-state index contributed by atoms with van der Waals surface area (Å²) >= 11 is 0. The summed E-state index contributed by atoms with van der Waals surface area (Å²) in [5.41, 5.74) is 0.777. The monoisotopic (exact) mass is 278 g/mol. The number of hydrogen-bond acceptors (Lipinski definition) is 5. The van der Waals surface area contributed by atoms with Gasteiger partial charge < -0.3 is 9.94 Å². The molecular weight excluding hydrogens is 256 g/mol. The van der Waals surface area contributed by atoms with Gasteiger partial charge in [0.1, 0.15) is 5.75 Å². The first kappa shape index (κ1) is 16.1. The van der Waals surface area contributed by atoms with E-state index in [0.29, 0.717) is 0 Å². The summed E-state index contributed by atoms with van der Waals surface area (Å²) in [6.45, 7) is 4.21. The normalized spacial score (nSPS) is 10.1. The van der Waals surface area contributed by atoms with Gasteiger partial charge in [-0.2, -0.15) is 0 Å². The Morgan fingerprint density at radius 1 is 1.30 bits per heavy atom. The molecule has 0 fully saturated rings. The van der Waals surface area contributed by atoms with E-state index in [1.54, 1.807) is 6.07 Å². The Kier molecular flexibility index (Phi) is 7.32. The fourth-order valence-electron chi connectivity index (χ4n) is 1.68. The Morgan fingerprint density at radius 3 is 2.50 bits per heavy atom. The van der Waals surface area contributed by atoms with Crippen LogP contribution < -0.4 is 0 Å². The van der Waals surface area contributed by atoms with Gasteiger partial charge in [0.25, 0.3) is 0 Å². The Labute approximate surface area is 119 Å². The smallest absolute Gasteiger partial charge is 0.387 e. The highest BCUT2D eigenvalue weighted by atomic mass is 16.7. The second-order valence-corrected chi connectivity index (χ2v) is 4.61. The molecular formula is C15H22N2O3. The van der Waals surface area contributed by atoms with E-state index < -0.39 is 5.97 Å². The molecule has 0 aliphatic rings. The average molecular weight is 278 g/mol. The van der Waals surface area contributed by atoms with E-state index in [1.807, 2.05) is 0 Å². The fourth-order valence-corrected chi connectivity index (χ4v) is 1.68. The number of aromatic nitrogens is 1. The molecule has 0 bridgehead atoms. The van der Waals surface area contributed by atoms with E-state index in [1.165, 1.54) is 12.3 Å². The molecule has 0 unspecified atom stereocenters. The number of unbranched alkanes of at least 4 members (excludes halogenated alkanes) is 2. The molecule has 1 heterocycles. The summed E-state index contributed by atoms with van der Waals surface area (Å²) in [6, 6.07) is 2.94. The third-order valence-corrected chi connectivity index (χ3v) is 2.88. The van der Waals surface area contributed by atoms with E-state index >= 15 is 0 Å². The van der Waals surface area contributed by atoms with Crippen molar-refractivity contribution in [3.05, 3.63) is 24.0 Å². The average Bonchev–Trinajstić information content (AvgIpc) is 2.46.